The lowest BCUT2D eigenvalue weighted by molar-refractivity contribution is 0.204. The highest BCUT2D eigenvalue weighted by Gasteiger charge is 2.26. The maximum atomic E-state index is 5.38. The van der Waals surface area contributed by atoms with E-state index in [1.807, 2.05) is 0 Å². The molecular weight excluding hydrogens is 194 g/mol. The molecule has 0 spiro atoms. The average molecular weight is 221 g/mol. The Morgan fingerprint density at radius 2 is 2.19 bits per heavy atom. The highest BCUT2D eigenvalue weighted by atomic mass is 14.9. The number of hydrogen-bond acceptors (Lipinski definition) is 1. The number of rotatable bonds is 6. The third-order valence-electron chi connectivity index (χ3n) is 4.04. The van der Waals surface area contributed by atoms with E-state index in [-0.39, 0.29) is 0 Å². The molecule has 0 bridgehead atoms. The molecule has 0 aromatic rings. The van der Waals surface area contributed by atoms with Crippen LogP contribution in [0.5, 0.6) is 0 Å². The molecule has 1 fully saturated rings. The maximum absolute atomic E-state index is 5.38. The summed E-state index contributed by atoms with van der Waals surface area (Å²) in [5.41, 5.74) is 0. The van der Waals surface area contributed by atoms with Crippen LogP contribution in [0.3, 0.4) is 0 Å². The minimum absolute atomic E-state index is 0.662. The Morgan fingerprint density at radius 3 is 2.81 bits per heavy atom. The van der Waals surface area contributed by atoms with E-state index >= 15 is 0 Å². The summed E-state index contributed by atoms with van der Waals surface area (Å²) in [6.07, 6.45) is 14.5. The summed E-state index contributed by atoms with van der Waals surface area (Å²) < 4.78 is 0. The van der Waals surface area contributed by atoms with Crippen molar-refractivity contribution < 1.29 is 0 Å². The summed E-state index contributed by atoms with van der Waals surface area (Å²) in [7, 11) is 0. The second-order valence-electron chi connectivity index (χ2n) is 5.11. The zero-order valence-electron chi connectivity index (χ0n) is 11.0. The fraction of sp³-hybridized carbons (Fsp3) is 0.867. The second kappa shape index (κ2) is 7.74. The molecule has 1 rings (SSSR count). The van der Waals surface area contributed by atoms with E-state index in [9.17, 15) is 0 Å². The molecule has 0 aliphatic heterocycles. The normalized spacial score (nSPS) is 27.3. The molecule has 1 aliphatic rings. The Morgan fingerprint density at radius 1 is 1.38 bits per heavy atom. The largest absolute Gasteiger partial charge is 0.314 e. The van der Waals surface area contributed by atoms with Crippen LogP contribution in [0.15, 0.2) is 0 Å². The van der Waals surface area contributed by atoms with Gasteiger partial charge in [0.1, 0.15) is 0 Å². The van der Waals surface area contributed by atoms with Crippen LogP contribution < -0.4 is 5.32 Å². The van der Waals surface area contributed by atoms with Crippen LogP contribution in [0.4, 0.5) is 0 Å². The van der Waals surface area contributed by atoms with Crippen LogP contribution in [0.2, 0.25) is 0 Å². The van der Waals surface area contributed by atoms with Crippen LogP contribution in [-0.4, -0.2) is 12.6 Å². The summed E-state index contributed by atoms with van der Waals surface area (Å²) in [4.78, 5) is 0. The molecule has 16 heavy (non-hydrogen) atoms. The molecule has 3 unspecified atom stereocenters. The quantitative estimate of drug-likeness (QED) is 0.676. The van der Waals surface area contributed by atoms with Crippen molar-refractivity contribution in [3.63, 3.8) is 0 Å². The Bertz CT molecular complexity index is 216. The van der Waals surface area contributed by atoms with Gasteiger partial charge in [-0.05, 0) is 37.6 Å². The molecule has 1 aliphatic carbocycles. The first-order valence-corrected chi connectivity index (χ1v) is 6.98. The predicted molar refractivity (Wildman–Crippen MR) is 71.3 cm³/mol. The fourth-order valence-corrected chi connectivity index (χ4v) is 3.07. The van der Waals surface area contributed by atoms with Crippen molar-refractivity contribution in [2.24, 2.45) is 11.8 Å². The van der Waals surface area contributed by atoms with E-state index in [4.69, 9.17) is 6.42 Å². The number of terminal acetylenes is 1. The third-order valence-corrected chi connectivity index (χ3v) is 4.04. The van der Waals surface area contributed by atoms with Gasteiger partial charge in [-0.3, -0.25) is 0 Å². The average Bonchev–Trinajstić information content (AvgIpc) is 2.34. The lowest BCUT2D eigenvalue weighted by Gasteiger charge is -2.34. The van der Waals surface area contributed by atoms with Gasteiger partial charge in [0, 0.05) is 12.5 Å². The van der Waals surface area contributed by atoms with Crippen LogP contribution in [0.25, 0.3) is 0 Å². The van der Waals surface area contributed by atoms with E-state index in [1.54, 1.807) is 0 Å². The lowest BCUT2D eigenvalue weighted by Crippen LogP contribution is -2.38. The van der Waals surface area contributed by atoms with Gasteiger partial charge in [-0.2, -0.15) is 0 Å². The van der Waals surface area contributed by atoms with Crippen LogP contribution in [-0.2, 0) is 0 Å². The van der Waals surface area contributed by atoms with Gasteiger partial charge in [-0.15, -0.1) is 12.3 Å². The van der Waals surface area contributed by atoms with E-state index < -0.39 is 0 Å². The van der Waals surface area contributed by atoms with Crippen LogP contribution >= 0.6 is 0 Å². The van der Waals surface area contributed by atoms with E-state index in [0.717, 1.165) is 31.2 Å². The first-order chi connectivity index (χ1) is 7.81. The molecular formula is C15H27N. The highest BCUT2D eigenvalue weighted by Crippen LogP contribution is 2.33. The predicted octanol–water partition coefficient (Wildman–Crippen LogP) is 3.59. The zero-order valence-corrected chi connectivity index (χ0v) is 11.0. The Kier molecular flexibility index (Phi) is 6.57. The van der Waals surface area contributed by atoms with Crippen molar-refractivity contribution in [2.45, 2.75) is 64.8 Å². The van der Waals surface area contributed by atoms with Crippen LogP contribution in [0.1, 0.15) is 58.8 Å². The van der Waals surface area contributed by atoms with Crippen LogP contribution in [0, 0.1) is 24.2 Å². The first kappa shape index (κ1) is 13.6. The molecule has 0 aromatic heterocycles. The summed E-state index contributed by atoms with van der Waals surface area (Å²) in [5, 5.41) is 3.64. The topological polar surface area (TPSA) is 12.0 Å². The molecule has 1 nitrogen and oxygen atoms in total. The molecule has 0 heterocycles. The van der Waals surface area contributed by atoms with E-state index in [0.29, 0.717) is 6.04 Å². The van der Waals surface area contributed by atoms with Crippen molar-refractivity contribution in [2.75, 3.05) is 6.54 Å². The number of nitrogens with one attached hydrogen (secondary N) is 1. The molecule has 1 heteroatoms. The second-order valence-corrected chi connectivity index (χ2v) is 5.11. The lowest BCUT2D eigenvalue weighted by atomic mass is 9.76. The number of hydrogen-bond donors (Lipinski definition) is 1. The highest BCUT2D eigenvalue weighted by molar-refractivity contribution is 4.89. The van der Waals surface area contributed by atoms with Gasteiger partial charge in [0.25, 0.3) is 0 Å². The standard InChI is InChI=1S/C15H27N/c1-4-7-11-15(16-6-3)14-10-8-9-13(5-2)12-14/h1,13-16H,5-12H2,2-3H3. The molecule has 92 valence electrons. The summed E-state index contributed by atoms with van der Waals surface area (Å²) in [6, 6.07) is 0.662. The van der Waals surface area contributed by atoms with Gasteiger partial charge in [0.2, 0.25) is 0 Å². The third kappa shape index (κ3) is 4.18. The molecule has 0 radical (unpaired) electrons. The SMILES string of the molecule is C#CCCC(NCC)C1CCCC(CC)C1. The van der Waals surface area contributed by atoms with Gasteiger partial charge < -0.3 is 5.32 Å². The van der Waals surface area contributed by atoms with Gasteiger partial charge in [0.15, 0.2) is 0 Å². The Balaban J connectivity index is 2.45. The maximum Gasteiger partial charge on any atom is 0.0104 e. The molecule has 1 saturated carbocycles. The van der Waals surface area contributed by atoms with E-state index in [1.165, 1.54) is 32.1 Å². The van der Waals surface area contributed by atoms with Crippen molar-refractivity contribution >= 4 is 0 Å². The molecule has 0 saturated heterocycles. The van der Waals surface area contributed by atoms with Crippen molar-refractivity contribution in [1.82, 2.24) is 5.32 Å². The Labute approximate surface area is 101 Å². The molecule has 0 aromatic carbocycles. The van der Waals surface area contributed by atoms with Gasteiger partial charge in [0.05, 0.1) is 0 Å². The summed E-state index contributed by atoms with van der Waals surface area (Å²) in [6.45, 7) is 5.60. The van der Waals surface area contributed by atoms with E-state index in [2.05, 4.69) is 25.1 Å². The van der Waals surface area contributed by atoms with Gasteiger partial charge >= 0.3 is 0 Å². The fourth-order valence-electron chi connectivity index (χ4n) is 3.07. The minimum atomic E-state index is 0.662. The Hall–Kier alpha value is -0.480. The molecule has 0 amide bonds. The molecule has 1 N–H and O–H groups in total. The van der Waals surface area contributed by atoms with Crippen molar-refractivity contribution in [3.05, 3.63) is 0 Å². The van der Waals surface area contributed by atoms with Gasteiger partial charge in [-0.25, -0.2) is 0 Å². The summed E-state index contributed by atoms with van der Waals surface area (Å²) in [5.74, 6) is 4.61. The minimum Gasteiger partial charge on any atom is -0.314 e. The van der Waals surface area contributed by atoms with Crippen molar-refractivity contribution in [1.29, 1.82) is 0 Å². The molecule has 3 atom stereocenters. The summed E-state index contributed by atoms with van der Waals surface area (Å²) >= 11 is 0. The monoisotopic (exact) mass is 221 g/mol. The smallest absolute Gasteiger partial charge is 0.0104 e. The van der Waals surface area contributed by atoms with Gasteiger partial charge in [-0.1, -0.05) is 33.1 Å². The zero-order chi connectivity index (χ0) is 11.8. The van der Waals surface area contributed by atoms with Crippen molar-refractivity contribution in [3.8, 4) is 12.3 Å². The first-order valence-electron chi connectivity index (χ1n) is 6.98.